The molecule has 1 aromatic carbocycles. The van der Waals surface area contributed by atoms with E-state index in [1.807, 2.05) is 0 Å². The van der Waals surface area contributed by atoms with Crippen molar-refractivity contribution in [2.24, 2.45) is 0 Å². The molecule has 0 saturated heterocycles. The first-order chi connectivity index (χ1) is 6.60. The lowest BCUT2D eigenvalue weighted by molar-refractivity contribution is 0.642. The van der Waals surface area contributed by atoms with Crippen molar-refractivity contribution in [2.75, 3.05) is 0 Å². The van der Waals surface area contributed by atoms with Crippen LogP contribution in [-0.2, 0) is 0 Å². The summed E-state index contributed by atoms with van der Waals surface area (Å²) in [7, 11) is 0. The lowest BCUT2D eigenvalue weighted by Gasteiger charge is -2.16. The molecule has 0 aliphatic rings. The quantitative estimate of drug-likeness (QED) is 0.661. The van der Waals surface area contributed by atoms with Crippen LogP contribution in [-0.4, -0.2) is 0 Å². The molecule has 0 amide bonds. The maximum Gasteiger partial charge on any atom is 0.0470 e. The van der Waals surface area contributed by atoms with E-state index in [2.05, 4.69) is 13.8 Å². The molecule has 3 heteroatoms. The van der Waals surface area contributed by atoms with Gasteiger partial charge in [0.2, 0.25) is 0 Å². The van der Waals surface area contributed by atoms with Gasteiger partial charge in [-0.15, -0.1) is 0 Å². The van der Waals surface area contributed by atoms with E-state index in [4.69, 9.17) is 34.8 Å². The van der Waals surface area contributed by atoms with Crippen molar-refractivity contribution in [3.05, 3.63) is 32.8 Å². The molecule has 14 heavy (non-hydrogen) atoms. The molecule has 0 bridgehead atoms. The summed E-state index contributed by atoms with van der Waals surface area (Å²) in [6, 6.07) is 3.51. The highest BCUT2D eigenvalue weighted by atomic mass is 35.5. The van der Waals surface area contributed by atoms with Crippen LogP contribution in [0.2, 0.25) is 15.1 Å². The van der Waals surface area contributed by atoms with Gasteiger partial charge in [0.1, 0.15) is 0 Å². The van der Waals surface area contributed by atoms with Gasteiger partial charge in [0, 0.05) is 15.1 Å². The second-order valence-electron chi connectivity index (χ2n) is 3.30. The predicted molar refractivity (Wildman–Crippen MR) is 64.8 cm³/mol. The molecule has 0 fully saturated rings. The lowest BCUT2D eigenvalue weighted by atomic mass is 9.94. The molecular weight excluding hydrogens is 238 g/mol. The van der Waals surface area contributed by atoms with E-state index in [0.717, 1.165) is 18.4 Å². The van der Waals surface area contributed by atoms with Gasteiger partial charge < -0.3 is 0 Å². The summed E-state index contributed by atoms with van der Waals surface area (Å²) < 4.78 is 0. The zero-order chi connectivity index (χ0) is 10.7. The summed E-state index contributed by atoms with van der Waals surface area (Å²) in [6.45, 7) is 4.27. The van der Waals surface area contributed by atoms with E-state index in [1.54, 1.807) is 12.1 Å². The first-order valence-electron chi connectivity index (χ1n) is 4.74. The van der Waals surface area contributed by atoms with Crippen LogP contribution in [0.4, 0.5) is 0 Å². The minimum Gasteiger partial charge on any atom is -0.0842 e. The third-order valence-electron chi connectivity index (χ3n) is 2.44. The fraction of sp³-hybridized carbons (Fsp3) is 0.455. The average molecular weight is 252 g/mol. The Morgan fingerprint density at radius 1 is 1.00 bits per heavy atom. The fourth-order valence-corrected chi connectivity index (χ4v) is 2.77. The normalized spacial score (nSPS) is 11.0. The van der Waals surface area contributed by atoms with E-state index in [1.165, 1.54) is 0 Å². The Labute approximate surface area is 100 Å². The molecule has 0 heterocycles. The van der Waals surface area contributed by atoms with Crippen molar-refractivity contribution in [3.63, 3.8) is 0 Å². The molecule has 0 aliphatic carbocycles. The largest absolute Gasteiger partial charge is 0.0842 e. The van der Waals surface area contributed by atoms with Crippen LogP contribution in [0.5, 0.6) is 0 Å². The zero-order valence-corrected chi connectivity index (χ0v) is 10.5. The van der Waals surface area contributed by atoms with Gasteiger partial charge in [-0.2, -0.15) is 0 Å². The molecule has 0 atom stereocenters. The molecular formula is C11H13Cl3. The SMILES string of the molecule is CCC(CC)c1c(Cl)cc(Cl)cc1Cl. The molecule has 0 aromatic heterocycles. The summed E-state index contributed by atoms with van der Waals surface area (Å²) in [5, 5.41) is 1.95. The first-order valence-corrected chi connectivity index (χ1v) is 5.87. The van der Waals surface area contributed by atoms with E-state index >= 15 is 0 Å². The third kappa shape index (κ3) is 2.56. The van der Waals surface area contributed by atoms with Crippen LogP contribution in [0, 0.1) is 0 Å². The second-order valence-corrected chi connectivity index (χ2v) is 4.55. The Bertz CT molecular complexity index is 293. The van der Waals surface area contributed by atoms with E-state index in [0.29, 0.717) is 21.0 Å². The molecule has 78 valence electrons. The number of hydrogen-bond donors (Lipinski definition) is 0. The minimum atomic E-state index is 0.423. The third-order valence-corrected chi connectivity index (χ3v) is 3.28. The molecule has 1 aromatic rings. The van der Waals surface area contributed by atoms with E-state index < -0.39 is 0 Å². The summed E-state index contributed by atoms with van der Waals surface area (Å²) >= 11 is 18.1. The van der Waals surface area contributed by atoms with Crippen molar-refractivity contribution in [3.8, 4) is 0 Å². The number of benzene rings is 1. The summed E-state index contributed by atoms with van der Waals surface area (Å²) in [6.07, 6.45) is 2.08. The predicted octanol–water partition coefficient (Wildman–Crippen LogP) is 5.55. The van der Waals surface area contributed by atoms with Crippen molar-refractivity contribution >= 4 is 34.8 Å². The summed E-state index contributed by atoms with van der Waals surface area (Å²) in [5.41, 5.74) is 1.03. The maximum atomic E-state index is 6.12. The first kappa shape index (κ1) is 12.2. The van der Waals surface area contributed by atoms with Crippen molar-refractivity contribution in [1.82, 2.24) is 0 Å². The van der Waals surface area contributed by atoms with Crippen LogP contribution in [0.25, 0.3) is 0 Å². The Hall–Kier alpha value is 0.0900. The molecule has 0 aliphatic heterocycles. The smallest absolute Gasteiger partial charge is 0.0470 e. The number of hydrogen-bond acceptors (Lipinski definition) is 0. The van der Waals surface area contributed by atoms with Crippen molar-refractivity contribution < 1.29 is 0 Å². The van der Waals surface area contributed by atoms with E-state index in [-0.39, 0.29) is 0 Å². The van der Waals surface area contributed by atoms with Gasteiger partial charge in [-0.3, -0.25) is 0 Å². The van der Waals surface area contributed by atoms with Crippen molar-refractivity contribution in [1.29, 1.82) is 0 Å². The molecule has 0 unspecified atom stereocenters. The number of halogens is 3. The van der Waals surface area contributed by atoms with Crippen LogP contribution < -0.4 is 0 Å². The lowest BCUT2D eigenvalue weighted by Crippen LogP contribution is -1.97. The van der Waals surface area contributed by atoms with Crippen LogP contribution in [0.15, 0.2) is 12.1 Å². The Balaban J connectivity index is 3.19. The van der Waals surface area contributed by atoms with Crippen LogP contribution in [0.1, 0.15) is 38.2 Å². The number of rotatable bonds is 3. The topological polar surface area (TPSA) is 0 Å². The summed E-state index contributed by atoms with van der Waals surface area (Å²) in [5.74, 6) is 0.423. The molecule has 0 radical (unpaired) electrons. The van der Waals surface area contributed by atoms with Gasteiger partial charge >= 0.3 is 0 Å². The highest BCUT2D eigenvalue weighted by molar-refractivity contribution is 6.39. The Morgan fingerprint density at radius 3 is 1.79 bits per heavy atom. The molecule has 0 spiro atoms. The van der Waals surface area contributed by atoms with Gasteiger partial charge in [0.15, 0.2) is 0 Å². The molecule has 1 rings (SSSR count). The fourth-order valence-electron chi connectivity index (χ4n) is 1.64. The zero-order valence-electron chi connectivity index (χ0n) is 8.28. The monoisotopic (exact) mass is 250 g/mol. The van der Waals surface area contributed by atoms with E-state index in [9.17, 15) is 0 Å². The van der Waals surface area contributed by atoms with Gasteiger partial charge in [0.05, 0.1) is 0 Å². The standard InChI is InChI=1S/C11H13Cl3/c1-3-7(4-2)11-9(13)5-8(12)6-10(11)14/h5-7H,3-4H2,1-2H3. The van der Waals surface area contributed by atoms with Gasteiger partial charge in [-0.25, -0.2) is 0 Å². The minimum absolute atomic E-state index is 0.423. The van der Waals surface area contributed by atoms with Gasteiger partial charge in [-0.05, 0) is 36.5 Å². The molecule has 0 saturated carbocycles. The molecule has 0 N–H and O–H groups in total. The van der Waals surface area contributed by atoms with Crippen LogP contribution >= 0.6 is 34.8 Å². The Kier molecular flexibility index (Phi) is 4.56. The molecule has 0 nitrogen and oxygen atoms in total. The maximum absolute atomic E-state index is 6.12. The highest BCUT2D eigenvalue weighted by Gasteiger charge is 2.15. The summed E-state index contributed by atoms with van der Waals surface area (Å²) in [4.78, 5) is 0. The van der Waals surface area contributed by atoms with Gasteiger partial charge in [-0.1, -0.05) is 48.7 Å². The van der Waals surface area contributed by atoms with Crippen molar-refractivity contribution in [2.45, 2.75) is 32.6 Å². The highest BCUT2D eigenvalue weighted by Crippen LogP contribution is 2.37. The van der Waals surface area contributed by atoms with Crippen LogP contribution in [0.3, 0.4) is 0 Å². The second kappa shape index (κ2) is 5.25. The Morgan fingerprint density at radius 2 is 1.43 bits per heavy atom. The van der Waals surface area contributed by atoms with Gasteiger partial charge in [0.25, 0.3) is 0 Å². The average Bonchev–Trinajstić information content (AvgIpc) is 2.10.